The predicted octanol–water partition coefficient (Wildman–Crippen LogP) is 2.08. The van der Waals surface area contributed by atoms with E-state index in [1.807, 2.05) is 6.07 Å². The maximum Gasteiger partial charge on any atom is 0.218 e. The molecular formula is C12H20N4O. The fourth-order valence-electron chi connectivity index (χ4n) is 1.85. The molecular weight excluding hydrogens is 216 g/mol. The first-order valence-corrected chi connectivity index (χ1v) is 6.35. The van der Waals surface area contributed by atoms with Gasteiger partial charge in [-0.3, -0.25) is 0 Å². The molecule has 0 bridgehead atoms. The highest BCUT2D eigenvalue weighted by Crippen LogP contribution is 2.14. The van der Waals surface area contributed by atoms with Crippen molar-refractivity contribution in [1.82, 2.24) is 15.0 Å². The van der Waals surface area contributed by atoms with Crippen LogP contribution in [0.2, 0.25) is 0 Å². The maximum atomic E-state index is 5.48. The fourth-order valence-corrected chi connectivity index (χ4v) is 1.85. The van der Waals surface area contributed by atoms with Crippen LogP contribution in [0, 0.1) is 0 Å². The van der Waals surface area contributed by atoms with Crippen molar-refractivity contribution in [2.45, 2.75) is 32.6 Å². The van der Waals surface area contributed by atoms with Gasteiger partial charge in [-0.05, 0) is 19.3 Å². The van der Waals surface area contributed by atoms with Crippen molar-refractivity contribution in [3.63, 3.8) is 0 Å². The van der Waals surface area contributed by atoms with E-state index in [9.17, 15) is 0 Å². The Kier molecular flexibility index (Phi) is 4.55. The lowest BCUT2D eigenvalue weighted by Gasteiger charge is -2.27. The summed E-state index contributed by atoms with van der Waals surface area (Å²) < 4.78 is 5.48. The Balaban J connectivity index is 1.90. The second kappa shape index (κ2) is 6.39. The lowest BCUT2D eigenvalue weighted by Crippen LogP contribution is -2.35. The molecule has 1 saturated heterocycles. The Morgan fingerprint density at radius 2 is 2.12 bits per heavy atom. The quantitative estimate of drug-likeness (QED) is 0.848. The maximum absolute atomic E-state index is 5.48. The topological polar surface area (TPSA) is 50.3 Å². The third-order valence-corrected chi connectivity index (χ3v) is 2.72. The van der Waals surface area contributed by atoms with Gasteiger partial charge in [0.05, 0.1) is 6.61 Å². The number of hydrogen-bond acceptors (Lipinski definition) is 5. The molecule has 0 unspecified atom stereocenters. The molecule has 0 aromatic carbocycles. The van der Waals surface area contributed by atoms with Crippen LogP contribution in [0.5, 0.6) is 5.88 Å². The van der Waals surface area contributed by atoms with Crippen LogP contribution >= 0.6 is 0 Å². The van der Waals surface area contributed by atoms with Crippen molar-refractivity contribution in [2.24, 2.45) is 0 Å². The zero-order valence-corrected chi connectivity index (χ0v) is 10.4. The average molecular weight is 236 g/mol. The Morgan fingerprint density at radius 1 is 1.29 bits per heavy atom. The molecule has 0 amide bonds. The molecule has 0 atom stereocenters. The van der Waals surface area contributed by atoms with Crippen LogP contribution in [0.25, 0.3) is 0 Å². The van der Waals surface area contributed by atoms with Crippen molar-refractivity contribution in [3.05, 3.63) is 12.4 Å². The summed E-state index contributed by atoms with van der Waals surface area (Å²) in [7, 11) is 0. The summed E-state index contributed by atoms with van der Waals surface area (Å²) >= 11 is 0. The number of nitrogens with zero attached hydrogens (tertiary/aromatic N) is 3. The summed E-state index contributed by atoms with van der Waals surface area (Å²) in [6.45, 7) is 4.93. The van der Waals surface area contributed by atoms with Crippen LogP contribution in [0.3, 0.4) is 0 Å². The standard InChI is InChI=1S/C12H20N4O/c1-2-8-17-12-9-11(13-10-14-12)15-16-6-4-3-5-7-16/h9-10H,2-8H2,1H3,(H,13,14,15). The van der Waals surface area contributed by atoms with Gasteiger partial charge < -0.3 is 10.2 Å². The molecule has 0 aliphatic carbocycles. The first-order valence-electron chi connectivity index (χ1n) is 6.35. The van der Waals surface area contributed by atoms with Gasteiger partial charge in [-0.2, -0.15) is 0 Å². The van der Waals surface area contributed by atoms with Gasteiger partial charge in [0.2, 0.25) is 5.88 Å². The predicted molar refractivity (Wildman–Crippen MR) is 66.9 cm³/mol. The van der Waals surface area contributed by atoms with Crippen LogP contribution in [-0.4, -0.2) is 34.7 Å². The SMILES string of the molecule is CCCOc1cc(NN2CCCCC2)ncn1. The van der Waals surface area contributed by atoms with Gasteiger partial charge in [0, 0.05) is 19.2 Å². The van der Waals surface area contributed by atoms with E-state index in [0.717, 1.165) is 25.3 Å². The zero-order chi connectivity index (χ0) is 11.9. The highest BCUT2D eigenvalue weighted by molar-refractivity contribution is 5.36. The van der Waals surface area contributed by atoms with E-state index < -0.39 is 0 Å². The molecule has 1 aromatic rings. The van der Waals surface area contributed by atoms with Gasteiger partial charge in [0.1, 0.15) is 12.1 Å². The van der Waals surface area contributed by atoms with Crippen LogP contribution < -0.4 is 10.2 Å². The summed E-state index contributed by atoms with van der Waals surface area (Å²) in [6, 6.07) is 1.85. The molecule has 0 saturated carbocycles. The molecule has 1 N–H and O–H groups in total. The Labute approximate surface area is 102 Å². The summed E-state index contributed by atoms with van der Waals surface area (Å²) in [6.07, 6.45) is 6.34. The highest BCUT2D eigenvalue weighted by atomic mass is 16.5. The van der Waals surface area contributed by atoms with Crippen molar-refractivity contribution in [3.8, 4) is 5.88 Å². The van der Waals surface area contributed by atoms with Gasteiger partial charge in [-0.25, -0.2) is 15.0 Å². The summed E-state index contributed by atoms with van der Waals surface area (Å²) in [5.41, 5.74) is 3.30. The minimum atomic E-state index is 0.640. The second-order valence-electron chi connectivity index (χ2n) is 4.25. The zero-order valence-electron chi connectivity index (χ0n) is 10.4. The normalized spacial score (nSPS) is 16.8. The molecule has 0 radical (unpaired) electrons. The van der Waals surface area contributed by atoms with E-state index in [2.05, 4.69) is 27.3 Å². The highest BCUT2D eigenvalue weighted by Gasteiger charge is 2.10. The third kappa shape index (κ3) is 3.85. The lowest BCUT2D eigenvalue weighted by molar-refractivity contribution is 0.271. The van der Waals surface area contributed by atoms with Crippen molar-refractivity contribution in [2.75, 3.05) is 25.1 Å². The smallest absolute Gasteiger partial charge is 0.218 e. The van der Waals surface area contributed by atoms with E-state index in [0.29, 0.717) is 12.5 Å². The van der Waals surface area contributed by atoms with Crippen LogP contribution in [0.4, 0.5) is 5.82 Å². The lowest BCUT2D eigenvalue weighted by atomic mass is 10.2. The van der Waals surface area contributed by atoms with E-state index in [1.165, 1.54) is 25.6 Å². The molecule has 1 aliphatic heterocycles. The number of hydrogen-bond donors (Lipinski definition) is 1. The summed E-state index contributed by atoms with van der Waals surface area (Å²) in [4.78, 5) is 8.28. The number of piperidine rings is 1. The molecule has 2 heterocycles. The largest absolute Gasteiger partial charge is 0.478 e. The molecule has 1 fully saturated rings. The molecule has 0 spiro atoms. The van der Waals surface area contributed by atoms with Crippen molar-refractivity contribution < 1.29 is 4.74 Å². The third-order valence-electron chi connectivity index (χ3n) is 2.72. The molecule has 5 nitrogen and oxygen atoms in total. The summed E-state index contributed by atoms with van der Waals surface area (Å²) in [5.74, 6) is 1.45. The molecule has 5 heteroatoms. The first kappa shape index (κ1) is 12.1. The minimum Gasteiger partial charge on any atom is -0.478 e. The molecule has 94 valence electrons. The number of rotatable bonds is 5. The molecule has 1 aromatic heterocycles. The monoisotopic (exact) mass is 236 g/mol. The van der Waals surface area contributed by atoms with Gasteiger partial charge in [-0.1, -0.05) is 13.3 Å². The number of ether oxygens (including phenoxy) is 1. The van der Waals surface area contributed by atoms with Crippen LogP contribution in [-0.2, 0) is 0 Å². The van der Waals surface area contributed by atoms with Gasteiger partial charge >= 0.3 is 0 Å². The fraction of sp³-hybridized carbons (Fsp3) is 0.667. The average Bonchev–Trinajstić information content (AvgIpc) is 2.38. The van der Waals surface area contributed by atoms with Gasteiger partial charge in [0.15, 0.2) is 0 Å². The van der Waals surface area contributed by atoms with E-state index in [1.54, 1.807) is 0 Å². The van der Waals surface area contributed by atoms with E-state index in [-0.39, 0.29) is 0 Å². The number of aromatic nitrogens is 2. The first-order chi connectivity index (χ1) is 8.38. The van der Waals surface area contributed by atoms with Crippen LogP contribution in [0.15, 0.2) is 12.4 Å². The molecule has 1 aliphatic rings. The number of hydrazine groups is 1. The minimum absolute atomic E-state index is 0.640. The van der Waals surface area contributed by atoms with E-state index in [4.69, 9.17) is 4.74 Å². The molecule has 17 heavy (non-hydrogen) atoms. The van der Waals surface area contributed by atoms with Crippen molar-refractivity contribution >= 4 is 5.82 Å². The van der Waals surface area contributed by atoms with E-state index >= 15 is 0 Å². The van der Waals surface area contributed by atoms with Gasteiger partial charge in [-0.15, -0.1) is 0 Å². The molecule has 2 rings (SSSR count). The second-order valence-corrected chi connectivity index (χ2v) is 4.25. The Bertz CT molecular complexity index is 339. The van der Waals surface area contributed by atoms with Gasteiger partial charge in [0.25, 0.3) is 0 Å². The van der Waals surface area contributed by atoms with Crippen LogP contribution in [0.1, 0.15) is 32.6 Å². The Morgan fingerprint density at radius 3 is 2.88 bits per heavy atom. The van der Waals surface area contributed by atoms with Crippen molar-refractivity contribution in [1.29, 1.82) is 0 Å². The Hall–Kier alpha value is -1.36. The summed E-state index contributed by atoms with van der Waals surface area (Å²) in [5, 5.41) is 2.20. The number of anilines is 1. The number of nitrogens with one attached hydrogen (secondary N) is 1.